The van der Waals surface area contributed by atoms with Gasteiger partial charge < -0.3 is 15.2 Å². The highest BCUT2D eigenvalue weighted by molar-refractivity contribution is 4.57. The minimum atomic E-state index is -0.196. The summed E-state index contributed by atoms with van der Waals surface area (Å²) in [4.78, 5) is 0. The minimum Gasteiger partial charge on any atom is -0.373 e. The van der Waals surface area contributed by atoms with E-state index in [2.05, 4.69) is 0 Å². The summed E-state index contributed by atoms with van der Waals surface area (Å²) in [5.74, 6) is 0. The first-order valence-corrected chi connectivity index (χ1v) is 3.93. The summed E-state index contributed by atoms with van der Waals surface area (Å²) in [6.07, 6.45) is -0.196. The molecule has 1 atom stereocenters. The Morgan fingerprint density at radius 1 is 1.27 bits per heavy atom. The number of hydrogen-bond acceptors (Lipinski definition) is 3. The van der Waals surface area contributed by atoms with Crippen molar-refractivity contribution in [3.63, 3.8) is 0 Å². The lowest BCUT2D eigenvalue weighted by molar-refractivity contribution is -0.0473. The molecule has 0 heterocycles. The number of hydrogen-bond donors (Lipinski definition) is 1. The van der Waals surface area contributed by atoms with Crippen molar-refractivity contribution in [3.05, 3.63) is 0 Å². The topological polar surface area (TPSA) is 44.5 Å². The molecule has 0 aliphatic carbocycles. The Hall–Kier alpha value is -0.120. The van der Waals surface area contributed by atoms with E-state index in [0.29, 0.717) is 13.2 Å². The summed E-state index contributed by atoms with van der Waals surface area (Å²) in [7, 11) is 0. The monoisotopic (exact) mass is 161 g/mol. The second-order valence-corrected chi connectivity index (χ2v) is 3.54. The van der Waals surface area contributed by atoms with Crippen molar-refractivity contribution in [2.24, 2.45) is 5.73 Å². The second-order valence-electron chi connectivity index (χ2n) is 3.54. The quantitative estimate of drug-likeness (QED) is 0.496. The molecule has 0 amide bonds. The molecule has 0 saturated carbocycles. The van der Waals surface area contributed by atoms with Gasteiger partial charge in [-0.3, -0.25) is 0 Å². The molecule has 11 heavy (non-hydrogen) atoms. The van der Waals surface area contributed by atoms with Gasteiger partial charge in [0.1, 0.15) is 6.23 Å². The minimum absolute atomic E-state index is 0.0821. The van der Waals surface area contributed by atoms with E-state index in [0.717, 1.165) is 0 Å². The lowest BCUT2D eigenvalue weighted by atomic mass is 10.2. The lowest BCUT2D eigenvalue weighted by Crippen LogP contribution is -2.25. The molecule has 0 spiro atoms. The largest absolute Gasteiger partial charge is 0.373 e. The Labute approximate surface area is 68.9 Å². The van der Waals surface area contributed by atoms with E-state index in [9.17, 15) is 0 Å². The van der Waals surface area contributed by atoms with Crippen LogP contribution in [0.25, 0.3) is 0 Å². The van der Waals surface area contributed by atoms with Gasteiger partial charge in [-0.05, 0) is 27.7 Å². The van der Waals surface area contributed by atoms with Crippen LogP contribution in [0.3, 0.4) is 0 Å². The predicted molar refractivity (Wildman–Crippen MR) is 45.3 cm³/mol. The molecule has 2 N–H and O–H groups in total. The first-order chi connectivity index (χ1) is 4.92. The van der Waals surface area contributed by atoms with Crippen LogP contribution in [0.1, 0.15) is 27.7 Å². The average molecular weight is 161 g/mol. The average Bonchev–Trinajstić information content (AvgIpc) is 1.78. The summed E-state index contributed by atoms with van der Waals surface area (Å²) in [5, 5.41) is 0. The highest BCUT2D eigenvalue weighted by Gasteiger charge is 2.08. The molecule has 0 aromatic carbocycles. The van der Waals surface area contributed by atoms with Crippen molar-refractivity contribution < 1.29 is 9.47 Å². The zero-order valence-electron chi connectivity index (χ0n) is 7.89. The standard InChI is InChI=1S/C8H19NO2/c1-7(9)10-5-6-11-8(2,3)4/h7H,5-6,9H2,1-4H3. The number of ether oxygens (including phenoxy) is 2. The zero-order valence-corrected chi connectivity index (χ0v) is 7.89. The van der Waals surface area contributed by atoms with E-state index in [4.69, 9.17) is 15.2 Å². The van der Waals surface area contributed by atoms with E-state index < -0.39 is 0 Å². The van der Waals surface area contributed by atoms with Gasteiger partial charge in [-0.2, -0.15) is 0 Å². The SMILES string of the molecule is CC(N)OCCOC(C)(C)C. The van der Waals surface area contributed by atoms with Gasteiger partial charge in [0.2, 0.25) is 0 Å². The predicted octanol–water partition coefficient (Wildman–Crippen LogP) is 1.12. The molecule has 3 heteroatoms. The van der Waals surface area contributed by atoms with Crippen LogP contribution in [-0.4, -0.2) is 25.0 Å². The third-order valence-corrected chi connectivity index (χ3v) is 0.999. The Bertz CT molecular complexity index is 96.8. The first-order valence-electron chi connectivity index (χ1n) is 3.93. The lowest BCUT2D eigenvalue weighted by Gasteiger charge is -2.19. The maximum atomic E-state index is 5.40. The Morgan fingerprint density at radius 3 is 2.18 bits per heavy atom. The van der Waals surface area contributed by atoms with Crippen molar-refractivity contribution in [2.45, 2.75) is 39.5 Å². The third-order valence-electron chi connectivity index (χ3n) is 0.999. The second kappa shape index (κ2) is 4.70. The molecule has 0 aromatic heterocycles. The summed E-state index contributed by atoms with van der Waals surface area (Å²) < 4.78 is 10.5. The summed E-state index contributed by atoms with van der Waals surface area (Å²) in [6.45, 7) is 9.01. The van der Waals surface area contributed by atoms with Gasteiger partial charge in [-0.25, -0.2) is 0 Å². The van der Waals surface area contributed by atoms with Crippen molar-refractivity contribution in [3.8, 4) is 0 Å². The van der Waals surface area contributed by atoms with Gasteiger partial charge in [-0.1, -0.05) is 0 Å². The Morgan fingerprint density at radius 2 is 1.82 bits per heavy atom. The summed E-state index contributed by atoms with van der Waals surface area (Å²) in [6, 6.07) is 0. The van der Waals surface area contributed by atoms with Crippen molar-refractivity contribution >= 4 is 0 Å². The van der Waals surface area contributed by atoms with Gasteiger partial charge in [0, 0.05) is 0 Å². The highest BCUT2D eigenvalue weighted by Crippen LogP contribution is 2.05. The molecule has 0 aliphatic heterocycles. The zero-order chi connectivity index (χ0) is 8.91. The number of rotatable bonds is 4. The first kappa shape index (κ1) is 10.9. The van der Waals surface area contributed by atoms with Crippen LogP contribution >= 0.6 is 0 Å². The fraction of sp³-hybridized carbons (Fsp3) is 1.00. The van der Waals surface area contributed by atoms with Crippen LogP contribution in [0.15, 0.2) is 0 Å². The molecule has 0 fully saturated rings. The van der Waals surface area contributed by atoms with E-state index in [1.807, 2.05) is 20.8 Å². The third kappa shape index (κ3) is 9.88. The molecule has 3 nitrogen and oxygen atoms in total. The fourth-order valence-electron chi connectivity index (χ4n) is 0.582. The molecule has 0 rings (SSSR count). The van der Waals surface area contributed by atoms with Gasteiger partial charge in [0.05, 0.1) is 18.8 Å². The molecule has 1 unspecified atom stereocenters. The summed E-state index contributed by atoms with van der Waals surface area (Å²) >= 11 is 0. The molecular weight excluding hydrogens is 142 g/mol. The Balaban J connectivity index is 3.15. The van der Waals surface area contributed by atoms with E-state index in [-0.39, 0.29) is 11.8 Å². The van der Waals surface area contributed by atoms with Crippen LogP contribution in [0, 0.1) is 0 Å². The van der Waals surface area contributed by atoms with Crippen LogP contribution in [0.2, 0.25) is 0 Å². The molecule has 0 aromatic rings. The van der Waals surface area contributed by atoms with Crippen molar-refractivity contribution in [1.82, 2.24) is 0 Å². The molecule has 0 bridgehead atoms. The van der Waals surface area contributed by atoms with Crippen molar-refractivity contribution in [1.29, 1.82) is 0 Å². The van der Waals surface area contributed by atoms with Crippen LogP contribution in [-0.2, 0) is 9.47 Å². The van der Waals surface area contributed by atoms with E-state index >= 15 is 0 Å². The van der Waals surface area contributed by atoms with Gasteiger partial charge in [0.15, 0.2) is 0 Å². The van der Waals surface area contributed by atoms with E-state index in [1.54, 1.807) is 6.92 Å². The molecular formula is C8H19NO2. The van der Waals surface area contributed by atoms with Gasteiger partial charge in [0.25, 0.3) is 0 Å². The van der Waals surface area contributed by atoms with Crippen LogP contribution in [0.5, 0.6) is 0 Å². The smallest absolute Gasteiger partial charge is 0.102 e. The van der Waals surface area contributed by atoms with Crippen LogP contribution in [0.4, 0.5) is 0 Å². The summed E-state index contributed by atoms with van der Waals surface area (Å²) in [5.41, 5.74) is 5.28. The number of nitrogens with two attached hydrogens (primary N) is 1. The molecule has 0 radical (unpaired) electrons. The maximum Gasteiger partial charge on any atom is 0.102 e. The highest BCUT2D eigenvalue weighted by atomic mass is 16.5. The van der Waals surface area contributed by atoms with Crippen molar-refractivity contribution in [2.75, 3.05) is 13.2 Å². The van der Waals surface area contributed by atoms with Gasteiger partial charge in [-0.15, -0.1) is 0 Å². The maximum absolute atomic E-state index is 5.40. The Kier molecular flexibility index (Phi) is 4.65. The molecule has 0 aliphatic rings. The fourth-order valence-corrected chi connectivity index (χ4v) is 0.582. The normalized spacial score (nSPS) is 15.0. The van der Waals surface area contributed by atoms with Gasteiger partial charge >= 0.3 is 0 Å². The molecule has 68 valence electrons. The molecule has 0 saturated heterocycles. The van der Waals surface area contributed by atoms with E-state index in [1.165, 1.54) is 0 Å². The van der Waals surface area contributed by atoms with Crippen LogP contribution < -0.4 is 5.73 Å².